The molecule has 4 rings (SSSR count). The second kappa shape index (κ2) is 9.92. The number of Topliss-reactive ketones (excluding diaryl/α,β-unsaturated/α-hetero) is 1. The summed E-state index contributed by atoms with van der Waals surface area (Å²) >= 11 is 0. The Morgan fingerprint density at radius 3 is 2.56 bits per heavy atom. The lowest BCUT2D eigenvalue weighted by molar-refractivity contribution is -0.188. The lowest BCUT2D eigenvalue weighted by atomic mass is 9.45. The molecule has 4 aliphatic carbocycles. The van der Waals surface area contributed by atoms with Crippen LogP contribution in [-0.2, 0) is 28.6 Å². The van der Waals surface area contributed by atoms with E-state index in [1.807, 2.05) is 13.8 Å². The zero-order valence-corrected chi connectivity index (χ0v) is 22.0. The Morgan fingerprint density at radius 1 is 1.11 bits per heavy atom. The maximum atomic E-state index is 13.7. The van der Waals surface area contributed by atoms with E-state index in [4.69, 9.17) is 14.2 Å². The molecule has 0 aromatic rings. The van der Waals surface area contributed by atoms with Crippen molar-refractivity contribution >= 4 is 23.7 Å². The molecule has 0 aromatic heterocycles. The van der Waals surface area contributed by atoms with Crippen LogP contribution < -0.4 is 0 Å². The topological polar surface area (TPSA) is 116 Å². The van der Waals surface area contributed by atoms with Crippen LogP contribution in [0.25, 0.3) is 0 Å². The van der Waals surface area contributed by atoms with E-state index in [9.17, 15) is 24.3 Å². The van der Waals surface area contributed by atoms with Crippen molar-refractivity contribution in [1.29, 1.82) is 0 Å². The Hall–Kier alpha value is -2.22. The normalized spacial score (nSPS) is 39.2. The van der Waals surface area contributed by atoms with Crippen molar-refractivity contribution in [2.45, 2.75) is 97.2 Å². The van der Waals surface area contributed by atoms with E-state index in [1.165, 1.54) is 6.92 Å². The number of fused-ring (bicyclic) bond motifs is 5. The minimum absolute atomic E-state index is 0.0282. The van der Waals surface area contributed by atoms with Crippen molar-refractivity contribution in [1.82, 2.24) is 0 Å². The van der Waals surface area contributed by atoms with E-state index >= 15 is 0 Å². The van der Waals surface area contributed by atoms with Crippen LogP contribution in [0.1, 0.15) is 85.5 Å². The molecule has 4 aliphatic rings. The molecule has 0 heterocycles. The van der Waals surface area contributed by atoms with Crippen molar-refractivity contribution in [3.63, 3.8) is 0 Å². The van der Waals surface area contributed by atoms with Gasteiger partial charge in [-0.25, -0.2) is 4.79 Å². The molecule has 7 atom stereocenters. The number of aliphatic hydroxyl groups is 1. The summed E-state index contributed by atoms with van der Waals surface area (Å²) in [7, 11) is 0. The third kappa shape index (κ3) is 4.29. The Morgan fingerprint density at radius 2 is 1.86 bits per heavy atom. The third-order valence-corrected chi connectivity index (χ3v) is 9.85. The van der Waals surface area contributed by atoms with E-state index in [0.717, 1.165) is 31.3 Å². The molecule has 0 amide bonds. The van der Waals surface area contributed by atoms with Gasteiger partial charge in [-0.2, -0.15) is 0 Å². The molecule has 0 spiro atoms. The van der Waals surface area contributed by atoms with Crippen LogP contribution in [0.15, 0.2) is 11.6 Å². The molecule has 0 aliphatic heterocycles. The first-order chi connectivity index (χ1) is 17.0. The minimum atomic E-state index is -1.54. The van der Waals surface area contributed by atoms with Gasteiger partial charge in [-0.05, 0) is 74.2 Å². The van der Waals surface area contributed by atoms with Crippen molar-refractivity contribution < 1.29 is 38.5 Å². The minimum Gasteiger partial charge on any atom is -0.458 e. The largest absolute Gasteiger partial charge is 0.509 e. The molecular weight excluding hydrogens is 464 g/mol. The molecule has 0 radical (unpaired) electrons. The number of allylic oxidation sites excluding steroid dienone is 1. The highest BCUT2D eigenvalue weighted by Gasteiger charge is 2.70. The van der Waals surface area contributed by atoms with Crippen molar-refractivity contribution in [2.24, 2.45) is 28.6 Å². The highest BCUT2D eigenvalue weighted by atomic mass is 16.7. The second-order valence-electron chi connectivity index (χ2n) is 11.7. The number of carbonyl (C=O) groups excluding carboxylic acids is 4. The van der Waals surface area contributed by atoms with E-state index < -0.39 is 41.6 Å². The van der Waals surface area contributed by atoms with E-state index in [-0.39, 0.29) is 42.0 Å². The van der Waals surface area contributed by atoms with Crippen LogP contribution in [0.5, 0.6) is 0 Å². The second-order valence-corrected chi connectivity index (χ2v) is 11.7. The summed E-state index contributed by atoms with van der Waals surface area (Å²) in [5.74, 6) is -0.768. The van der Waals surface area contributed by atoms with Crippen molar-refractivity contribution in [3.8, 4) is 0 Å². The van der Waals surface area contributed by atoms with Crippen LogP contribution in [0, 0.1) is 28.6 Å². The number of aliphatic hydroxyl groups excluding tert-OH is 1. The van der Waals surface area contributed by atoms with Crippen LogP contribution in [0.4, 0.5) is 4.79 Å². The summed E-state index contributed by atoms with van der Waals surface area (Å²) in [4.78, 5) is 50.0. The first-order valence-electron chi connectivity index (χ1n) is 13.4. The summed E-state index contributed by atoms with van der Waals surface area (Å²) in [6.07, 6.45) is 5.73. The van der Waals surface area contributed by atoms with Gasteiger partial charge in [0.15, 0.2) is 18.0 Å². The fourth-order valence-electron chi connectivity index (χ4n) is 8.11. The molecule has 0 bridgehead atoms. The number of carbonyl (C=O) groups is 4. The van der Waals surface area contributed by atoms with Crippen molar-refractivity contribution in [3.05, 3.63) is 11.6 Å². The predicted octanol–water partition coefficient (Wildman–Crippen LogP) is 4.31. The molecule has 3 fully saturated rings. The van der Waals surface area contributed by atoms with Gasteiger partial charge in [0, 0.05) is 18.8 Å². The Labute approximate surface area is 213 Å². The Balaban J connectivity index is 1.67. The third-order valence-electron chi connectivity index (χ3n) is 9.85. The fourth-order valence-corrected chi connectivity index (χ4v) is 8.11. The first kappa shape index (κ1) is 26.8. The lowest BCUT2D eigenvalue weighted by Gasteiger charge is -2.60. The van der Waals surface area contributed by atoms with Gasteiger partial charge in [0.2, 0.25) is 5.78 Å². The van der Waals surface area contributed by atoms with Crippen LogP contribution in [0.3, 0.4) is 0 Å². The average molecular weight is 505 g/mol. The highest BCUT2D eigenvalue weighted by molar-refractivity contribution is 5.93. The molecule has 8 nitrogen and oxygen atoms in total. The molecule has 0 saturated heterocycles. The highest BCUT2D eigenvalue weighted by Crippen LogP contribution is 2.68. The number of ether oxygens (including phenoxy) is 3. The standard InChI is InChI=1S/C28H40O8/c1-5-6-13-34-25(33)36-28(23(32)16-35-17(2)29)12-10-21-20-8-7-18-14-19(30)9-11-26(18,3)24(20)22(31)15-27(21,28)4/h14,20-22,24,31H,5-13,15-16H2,1-4H3/t20-,21-,22-,24+,26-,27-,28-/m0/s1. The lowest BCUT2D eigenvalue weighted by Crippen LogP contribution is -2.63. The van der Waals surface area contributed by atoms with Gasteiger partial charge in [-0.15, -0.1) is 0 Å². The maximum Gasteiger partial charge on any atom is 0.509 e. The molecule has 0 unspecified atom stereocenters. The number of unbranched alkanes of at least 4 members (excludes halogenated alkanes) is 1. The fraction of sp³-hybridized carbons (Fsp3) is 0.786. The predicted molar refractivity (Wildman–Crippen MR) is 130 cm³/mol. The summed E-state index contributed by atoms with van der Waals surface area (Å²) in [6.45, 7) is 7.03. The van der Waals surface area contributed by atoms with Crippen LogP contribution in [0.2, 0.25) is 0 Å². The molecule has 8 heteroatoms. The van der Waals surface area contributed by atoms with Crippen molar-refractivity contribution in [2.75, 3.05) is 13.2 Å². The van der Waals surface area contributed by atoms with Crippen LogP contribution in [-0.4, -0.2) is 53.7 Å². The van der Waals surface area contributed by atoms with Gasteiger partial charge in [0.25, 0.3) is 0 Å². The van der Waals surface area contributed by atoms with Gasteiger partial charge in [-0.3, -0.25) is 14.4 Å². The zero-order chi connectivity index (χ0) is 26.3. The SMILES string of the molecule is CCCCOC(=O)O[C@]1(C(=O)COC(C)=O)CC[C@H]2[C@@H]3CCC4=CC(=O)CC[C@]4(C)[C@H]3[C@@H](O)C[C@@]21C. The van der Waals surface area contributed by atoms with Gasteiger partial charge in [0.05, 0.1) is 12.7 Å². The summed E-state index contributed by atoms with van der Waals surface area (Å²) in [6, 6.07) is 0. The number of hydrogen-bond acceptors (Lipinski definition) is 8. The quantitative estimate of drug-likeness (QED) is 0.403. The maximum absolute atomic E-state index is 13.7. The van der Waals surface area contributed by atoms with Gasteiger partial charge in [-0.1, -0.05) is 32.8 Å². The zero-order valence-electron chi connectivity index (χ0n) is 22.0. The number of ketones is 2. The van der Waals surface area contributed by atoms with Gasteiger partial charge in [0.1, 0.15) is 0 Å². The monoisotopic (exact) mass is 504 g/mol. The first-order valence-corrected chi connectivity index (χ1v) is 13.4. The summed E-state index contributed by atoms with van der Waals surface area (Å²) < 4.78 is 16.2. The molecule has 3 saturated carbocycles. The molecular formula is C28H40O8. The number of rotatable bonds is 7. The molecule has 0 aromatic carbocycles. The average Bonchev–Trinajstić information content (AvgIpc) is 3.10. The van der Waals surface area contributed by atoms with Crippen LogP contribution >= 0.6 is 0 Å². The summed E-state index contributed by atoms with van der Waals surface area (Å²) in [5, 5.41) is 11.6. The van der Waals surface area contributed by atoms with Gasteiger partial charge >= 0.3 is 12.1 Å². The van der Waals surface area contributed by atoms with E-state index in [1.54, 1.807) is 6.08 Å². The molecule has 36 heavy (non-hydrogen) atoms. The Kier molecular flexibility index (Phi) is 7.39. The molecule has 1 N–H and O–H groups in total. The van der Waals surface area contributed by atoms with E-state index in [2.05, 4.69) is 6.92 Å². The molecule has 200 valence electrons. The number of esters is 1. The van der Waals surface area contributed by atoms with E-state index in [0.29, 0.717) is 25.7 Å². The van der Waals surface area contributed by atoms with Gasteiger partial charge < -0.3 is 19.3 Å². The smallest absolute Gasteiger partial charge is 0.458 e. The Bertz CT molecular complexity index is 955. The number of hydrogen-bond donors (Lipinski definition) is 1. The summed E-state index contributed by atoms with van der Waals surface area (Å²) in [5.41, 5.74) is -1.50.